The van der Waals surface area contributed by atoms with E-state index in [1.807, 2.05) is 28.9 Å². The first-order valence-corrected chi connectivity index (χ1v) is 10.6. The number of amides is 1. The molecule has 2 N–H and O–H groups in total. The first-order valence-electron chi connectivity index (χ1n) is 10.6. The number of carbonyl (C=O) groups is 1. The highest BCUT2D eigenvalue weighted by molar-refractivity contribution is 14.0. The number of nitrogens with one attached hydrogen (secondary N) is 2. The van der Waals surface area contributed by atoms with Gasteiger partial charge >= 0.3 is 0 Å². The lowest BCUT2D eigenvalue weighted by Crippen LogP contribution is -2.39. The minimum absolute atomic E-state index is 0. The van der Waals surface area contributed by atoms with Crippen molar-refractivity contribution < 1.29 is 13.9 Å². The number of aliphatic imine (C=N–C) groups is 1. The first-order chi connectivity index (χ1) is 14.2. The summed E-state index contributed by atoms with van der Waals surface area (Å²) in [7, 11) is 0. The molecule has 2 fully saturated rings. The smallest absolute Gasteiger partial charge is 0.222 e. The third-order valence-corrected chi connectivity index (χ3v) is 5.20. The maximum atomic E-state index is 14.5. The maximum absolute atomic E-state index is 14.5. The molecular formula is C21H33FIN5O2. The van der Waals surface area contributed by atoms with E-state index in [1.165, 1.54) is 0 Å². The third kappa shape index (κ3) is 7.26. The molecule has 0 saturated carbocycles. The molecule has 9 heteroatoms. The molecule has 3 rings (SSSR count). The quantitative estimate of drug-likeness (QED) is 0.233. The summed E-state index contributed by atoms with van der Waals surface area (Å²) in [6.45, 7) is 8.25. The monoisotopic (exact) mass is 533 g/mol. The largest absolute Gasteiger partial charge is 0.378 e. The van der Waals surface area contributed by atoms with E-state index in [0.29, 0.717) is 50.9 Å². The molecule has 2 saturated heterocycles. The Labute approximate surface area is 195 Å². The van der Waals surface area contributed by atoms with Gasteiger partial charge in [0.1, 0.15) is 5.82 Å². The van der Waals surface area contributed by atoms with Crippen molar-refractivity contribution in [3.63, 3.8) is 0 Å². The summed E-state index contributed by atoms with van der Waals surface area (Å²) >= 11 is 0. The van der Waals surface area contributed by atoms with Crippen LogP contribution in [0, 0.1) is 5.82 Å². The van der Waals surface area contributed by atoms with Crippen LogP contribution in [0.4, 0.5) is 10.1 Å². The Morgan fingerprint density at radius 1 is 1.23 bits per heavy atom. The number of nitrogens with zero attached hydrogens (tertiary/aromatic N) is 3. The number of halogens is 2. The molecule has 7 nitrogen and oxygen atoms in total. The lowest BCUT2D eigenvalue weighted by atomic mass is 10.1. The molecule has 0 aromatic heterocycles. The van der Waals surface area contributed by atoms with E-state index >= 15 is 0 Å². The number of carbonyl (C=O) groups excluding carboxylic acids is 1. The van der Waals surface area contributed by atoms with Crippen molar-refractivity contribution in [1.29, 1.82) is 0 Å². The summed E-state index contributed by atoms with van der Waals surface area (Å²) in [6.07, 6.45) is 2.52. The lowest BCUT2D eigenvalue weighted by Gasteiger charge is -2.29. The summed E-state index contributed by atoms with van der Waals surface area (Å²) in [6, 6.07) is 5.33. The van der Waals surface area contributed by atoms with E-state index < -0.39 is 0 Å². The number of likely N-dealkylation sites (tertiary alicyclic amines) is 1. The van der Waals surface area contributed by atoms with Crippen LogP contribution in [0.1, 0.15) is 31.7 Å². The van der Waals surface area contributed by atoms with Crippen LogP contribution in [-0.4, -0.2) is 69.2 Å². The molecule has 0 spiro atoms. The van der Waals surface area contributed by atoms with E-state index in [2.05, 4.69) is 15.6 Å². The number of anilines is 1. The number of hydrogen-bond acceptors (Lipinski definition) is 4. The highest BCUT2D eigenvalue weighted by Gasteiger charge is 2.19. The van der Waals surface area contributed by atoms with Crippen LogP contribution in [0.5, 0.6) is 0 Å². The second kappa shape index (κ2) is 12.9. The molecule has 1 aromatic carbocycles. The molecule has 0 atom stereocenters. The van der Waals surface area contributed by atoms with Gasteiger partial charge in [-0.05, 0) is 37.5 Å². The number of morpholine rings is 1. The molecule has 2 heterocycles. The van der Waals surface area contributed by atoms with Crippen LogP contribution in [0.15, 0.2) is 23.2 Å². The Morgan fingerprint density at radius 2 is 2.03 bits per heavy atom. The summed E-state index contributed by atoms with van der Waals surface area (Å²) in [5.41, 5.74) is 1.46. The summed E-state index contributed by atoms with van der Waals surface area (Å²) in [5.74, 6) is 0.749. The first kappa shape index (κ1) is 24.6. The fourth-order valence-electron chi connectivity index (χ4n) is 3.64. The van der Waals surface area contributed by atoms with Gasteiger partial charge in [-0.15, -0.1) is 24.0 Å². The van der Waals surface area contributed by atoms with Crippen LogP contribution >= 0.6 is 24.0 Å². The number of rotatable bonds is 8. The highest BCUT2D eigenvalue weighted by atomic mass is 127. The normalized spacial score (nSPS) is 17.1. The van der Waals surface area contributed by atoms with Gasteiger partial charge in [0.05, 0.1) is 25.4 Å². The van der Waals surface area contributed by atoms with Gasteiger partial charge in [0.15, 0.2) is 5.96 Å². The van der Waals surface area contributed by atoms with Crippen molar-refractivity contribution >= 4 is 41.5 Å². The number of ether oxygens (including phenoxy) is 1. The molecule has 1 aromatic rings. The van der Waals surface area contributed by atoms with Gasteiger partial charge in [0, 0.05) is 45.7 Å². The van der Waals surface area contributed by atoms with Crippen molar-refractivity contribution in [3.8, 4) is 0 Å². The molecule has 1 amide bonds. The fraction of sp³-hybridized carbons (Fsp3) is 0.619. The van der Waals surface area contributed by atoms with Gasteiger partial charge in [-0.1, -0.05) is 6.07 Å². The predicted molar refractivity (Wildman–Crippen MR) is 128 cm³/mol. The predicted octanol–water partition coefficient (Wildman–Crippen LogP) is 2.35. The Balaban J connectivity index is 0.00000320. The summed E-state index contributed by atoms with van der Waals surface area (Å²) in [5, 5.41) is 6.50. The molecular weight excluding hydrogens is 500 g/mol. The van der Waals surface area contributed by atoms with Crippen molar-refractivity contribution in [2.24, 2.45) is 4.99 Å². The van der Waals surface area contributed by atoms with Gasteiger partial charge < -0.3 is 25.2 Å². The van der Waals surface area contributed by atoms with E-state index in [-0.39, 0.29) is 35.7 Å². The van der Waals surface area contributed by atoms with Crippen LogP contribution in [0.25, 0.3) is 0 Å². The average molecular weight is 533 g/mol. The molecule has 30 heavy (non-hydrogen) atoms. The summed E-state index contributed by atoms with van der Waals surface area (Å²) in [4.78, 5) is 20.1. The lowest BCUT2D eigenvalue weighted by molar-refractivity contribution is -0.127. The third-order valence-electron chi connectivity index (χ3n) is 5.20. The molecule has 0 aliphatic carbocycles. The topological polar surface area (TPSA) is 69.2 Å². The number of benzene rings is 1. The van der Waals surface area contributed by atoms with Crippen molar-refractivity contribution in [1.82, 2.24) is 15.5 Å². The van der Waals surface area contributed by atoms with Gasteiger partial charge in [0.2, 0.25) is 5.91 Å². The Kier molecular flexibility index (Phi) is 10.6. The van der Waals surface area contributed by atoms with Gasteiger partial charge in [0.25, 0.3) is 0 Å². The standard InChI is InChI=1S/C21H32FN5O2.HI/c1-2-23-21(24-8-4-10-27-9-3-5-20(27)28)25-16-17-6-7-19(18(22)15-17)26-11-13-29-14-12-26;/h6-7,15H,2-5,8-14,16H2,1H3,(H2,23,24,25);1H. The van der Waals surface area contributed by atoms with E-state index in [1.54, 1.807) is 6.07 Å². The van der Waals surface area contributed by atoms with Crippen LogP contribution in [0.2, 0.25) is 0 Å². The highest BCUT2D eigenvalue weighted by Crippen LogP contribution is 2.22. The minimum Gasteiger partial charge on any atom is -0.378 e. The van der Waals surface area contributed by atoms with Crippen molar-refractivity contribution in [2.45, 2.75) is 32.7 Å². The maximum Gasteiger partial charge on any atom is 0.222 e. The number of hydrogen-bond donors (Lipinski definition) is 2. The zero-order valence-electron chi connectivity index (χ0n) is 17.7. The Hall–Kier alpha value is -1.62. The molecule has 0 radical (unpaired) electrons. The second-order valence-electron chi connectivity index (χ2n) is 7.35. The molecule has 168 valence electrons. The Bertz CT molecular complexity index is 713. The molecule has 0 unspecified atom stereocenters. The SMILES string of the molecule is CCNC(=NCc1ccc(N2CCOCC2)c(F)c1)NCCCN1CCCC1=O.I. The van der Waals surface area contributed by atoms with Gasteiger partial charge in [-0.3, -0.25) is 4.79 Å². The van der Waals surface area contributed by atoms with Crippen molar-refractivity contribution in [2.75, 3.05) is 57.4 Å². The van der Waals surface area contributed by atoms with Crippen LogP contribution < -0.4 is 15.5 Å². The average Bonchev–Trinajstić information content (AvgIpc) is 3.14. The zero-order valence-corrected chi connectivity index (χ0v) is 20.0. The number of guanidine groups is 1. The van der Waals surface area contributed by atoms with E-state index in [0.717, 1.165) is 44.6 Å². The zero-order chi connectivity index (χ0) is 20.5. The molecule has 2 aliphatic heterocycles. The minimum atomic E-state index is -0.215. The Morgan fingerprint density at radius 3 is 2.70 bits per heavy atom. The van der Waals surface area contributed by atoms with Crippen molar-refractivity contribution in [3.05, 3.63) is 29.6 Å². The van der Waals surface area contributed by atoms with E-state index in [4.69, 9.17) is 4.74 Å². The van der Waals surface area contributed by atoms with Crippen LogP contribution in [-0.2, 0) is 16.1 Å². The van der Waals surface area contributed by atoms with Crippen LogP contribution in [0.3, 0.4) is 0 Å². The fourth-order valence-corrected chi connectivity index (χ4v) is 3.64. The van der Waals surface area contributed by atoms with E-state index in [9.17, 15) is 9.18 Å². The van der Waals surface area contributed by atoms with Gasteiger partial charge in [-0.2, -0.15) is 0 Å². The summed E-state index contributed by atoms with van der Waals surface area (Å²) < 4.78 is 19.9. The molecule has 2 aliphatic rings. The molecule has 0 bridgehead atoms. The second-order valence-corrected chi connectivity index (χ2v) is 7.35. The van der Waals surface area contributed by atoms with Gasteiger partial charge in [-0.25, -0.2) is 9.38 Å².